The highest BCUT2D eigenvalue weighted by molar-refractivity contribution is 4.71. The fourth-order valence-corrected chi connectivity index (χ4v) is 10.3. The van der Waals surface area contributed by atoms with Crippen molar-refractivity contribution in [3.63, 3.8) is 0 Å². The van der Waals surface area contributed by atoms with Gasteiger partial charge < -0.3 is 4.74 Å². The summed E-state index contributed by atoms with van der Waals surface area (Å²) in [5.41, 5.74) is 0. The molecule has 0 aliphatic carbocycles. The molecule has 0 aromatic heterocycles. The van der Waals surface area contributed by atoms with Crippen molar-refractivity contribution < 1.29 is 4.74 Å². The zero-order valence-electron chi connectivity index (χ0n) is 44.1. The van der Waals surface area contributed by atoms with Crippen molar-refractivity contribution >= 4 is 0 Å². The first-order chi connectivity index (χ1) is 30.1. The highest BCUT2D eigenvalue weighted by atomic mass is 16.5. The van der Waals surface area contributed by atoms with E-state index in [9.17, 15) is 0 Å². The molecule has 0 amide bonds. The summed E-state index contributed by atoms with van der Waals surface area (Å²) >= 11 is 0. The van der Waals surface area contributed by atoms with Gasteiger partial charge in [0.1, 0.15) is 0 Å². The molecule has 0 aromatic rings. The van der Waals surface area contributed by atoms with Crippen LogP contribution < -0.4 is 0 Å². The molecule has 0 bridgehead atoms. The Balaban J connectivity index is 5.04. The van der Waals surface area contributed by atoms with Gasteiger partial charge in [0.15, 0.2) is 0 Å². The predicted octanol–water partition coefficient (Wildman–Crippen LogP) is 22.6. The first kappa shape index (κ1) is 61.0. The SMILES string of the molecule is CCCCCCCCCCCCCC(C)CC(CCCCCCCCCCCCC)OC(CCCCCCCCCCCCC)CC(C)CCCCCCCCCCCCC. The third kappa shape index (κ3) is 49.2. The van der Waals surface area contributed by atoms with Crippen molar-refractivity contribution in [2.45, 2.75) is 375 Å². The van der Waals surface area contributed by atoms with Gasteiger partial charge in [0.2, 0.25) is 0 Å². The molecule has 0 spiro atoms. The minimum absolute atomic E-state index is 0.480. The highest BCUT2D eigenvalue weighted by Crippen LogP contribution is 2.28. The molecule has 4 atom stereocenters. The summed E-state index contributed by atoms with van der Waals surface area (Å²) in [5.74, 6) is 1.60. The van der Waals surface area contributed by atoms with E-state index in [2.05, 4.69) is 41.5 Å². The molecule has 0 saturated heterocycles. The normalized spacial score (nSPS) is 13.9. The van der Waals surface area contributed by atoms with Gasteiger partial charge in [-0.05, 0) is 37.5 Å². The zero-order valence-corrected chi connectivity index (χ0v) is 44.1. The summed E-state index contributed by atoms with van der Waals surface area (Å²) in [6.45, 7) is 14.5. The van der Waals surface area contributed by atoms with Crippen molar-refractivity contribution in [2.75, 3.05) is 0 Å². The predicted molar refractivity (Wildman–Crippen MR) is 281 cm³/mol. The van der Waals surface area contributed by atoms with E-state index in [0.29, 0.717) is 12.2 Å². The third-order valence-corrected chi connectivity index (χ3v) is 14.6. The molecule has 0 aliphatic heterocycles. The van der Waals surface area contributed by atoms with Crippen LogP contribution in [0.25, 0.3) is 0 Å². The second-order valence-corrected chi connectivity index (χ2v) is 21.4. The number of hydrogen-bond acceptors (Lipinski definition) is 1. The number of hydrogen-bond donors (Lipinski definition) is 0. The van der Waals surface area contributed by atoms with Crippen molar-refractivity contribution in [1.82, 2.24) is 0 Å². The summed E-state index contributed by atoms with van der Waals surface area (Å²) in [7, 11) is 0. The topological polar surface area (TPSA) is 9.23 Å². The molecule has 0 rings (SSSR count). The smallest absolute Gasteiger partial charge is 0.0581 e. The van der Waals surface area contributed by atoms with Crippen LogP contribution in [0.15, 0.2) is 0 Å². The van der Waals surface area contributed by atoms with Gasteiger partial charge in [0, 0.05) is 0 Å². The summed E-state index contributed by atoms with van der Waals surface area (Å²) in [5, 5.41) is 0. The zero-order chi connectivity index (χ0) is 44.4. The number of unbranched alkanes of at least 4 members (excludes halogenated alkanes) is 40. The lowest BCUT2D eigenvalue weighted by Gasteiger charge is -2.29. The Labute approximate surface area is 389 Å². The molecule has 0 N–H and O–H groups in total. The molecule has 0 aromatic carbocycles. The molecule has 368 valence electrons. The van der Waals surface area contributed by atoms with Crippen molar-refractivity contribution in [3.8, 4) is 0 Å². The minimum Gasteiger partial charge on any atom is -0.375 e. The van der Waals surface area contributed by atoms with Crippen LogP contribution in [0.1, 0.15) is 363 Å². The van der Waals surface area contributed by atoms with E-state index in [-0.39, 0.29) is 0 Å². The van der Waals surface area contributed by atoms with Crippen molar-refractivity contribution in [2.24, 2.45) is 11.8 Å². The lowest BCUT2D eigenvalue weighted by Crippen LogP contribution is -2.26. The fraction of sp³-hybridized carbons (Fsp3) is 1.00. The van der Waals surface area contributed by atoms with Crippen molar-refractivity contribution in [1.29, 1.82) is 0 Å². The molecular formula is C60H122O. The third-order valence-electron chi connectivity index (χ3n) is 14.6. The average Bonchev–Trinajstić information content (AvgIpc) is 3.25. The van der Waals surface area contributed by atoms with Gasteiger partial charge in [0.25, 0.3) is 0 Å². The van der Waals surface area contributed by atoms with Gasteiger partial charge in [-0.15, -0.1) is 0 Å². The van der Waals surface area contributed by atoms with Crippen LogP contribution in [-0.4, -0.2) is 12.2 Å². The lowest BCUT2D eigenvalue weighted by molar-refractivity contribution is -0.0434. The summed E-state index contributed by atoms with van der Waals surface area (Å²) in [6.07, 6.45) is 72.4. The molecule has 0 saturated carbocycles. The van der Waals surface area contributed by atoms with E-state index in [4.69, 9.17) is 4.74 Å². The second-order valence-electron chi connectivity index (χ2n) is 21.4. The molecular weight excluding hydrogens is 737 g/mol. The van der Waals surface area contributed by atoms with E-state index in [1.54, 1.807) is 0 Å². The number of ether oxygens (including phenoxy) is 1. The van der Waals surface area contributed by atoms with Crippen LogP contribution in [0.2, 0.25) is 0 Å². The Bertz CT molecular complexity index is 698. The maximum atomic E-state index is 7.39. The fourth-order valence-electron chi connectivity index (χ4n) is 10.3. The molecule has 0 aliphatic rings. The van der Waals surface area contributed by atoms with E-state index in [1.165, 1.54) is 321 Å². The number of rotatable bonds is 54. The minimum atomic E-state index is 0.480. The Kier molecular flexibility index (Phi) is 52.5. The highest BCUT2D eigenvalue weighted by Gasteiger charge is 2.21. The second kappa shape index (κ2) is 52.6. The van der Waals surface area contributed by atoms with Gasteiger partial charge >= 0.3 is 0 Å². The van der Waals surface area contributed by atoms with Crippen LogP contribution in [-0.2, 0) is 4.74 Å². The van der Waals surface area contributed by atoms with Crippen LogP contribution in [0, 0.1) is 11.8 Å². The Hall–Kier alpha value is -0.0400. The maximum Gasteiger partial charge on any atom is 0.0581 e. The van der Waals surface area contributed by atoms with Crippen molar-refractivity contribution in [3.05, 3.63) is 0 Å². The van der Waals surface area contributed by atoms with Crippen LogP contribution in [0.5, 0.6) is 0 Å². The quantitative estimate of drug-likeness (QED) is 0.0554. The van der Waals surface area contributed by atoms with Crippen LogP contribution in [0.4, 0.5) is 0 Å². The van der Waals surface area contributed by atoms with Gasteiger partial charge in [0.05, 0.1) is 12.2 Å². The Morgan fingerprint density at radius 2 is 0.377 bits per heavy atom. The summed E-state index contributed by atoms with van der Waals surface area (Å²) in [6, 6.07) is 0. The first-order valence-electron chi connectivity index (χ1n) is 29.7. The van der Waals surface area contributed by atoms with E-state index >= 15 is 0 Å². The average molecular weight is 860 g/mol. The molecule has 4 unspecified atom stereocenters. The summed E-state index contributed by atoms with van der Waals surface area (Å²) < 4.78 is 7.39. The largest absolute Gasteiger partial charge is 0.375 e. The molecule has 1 heteroatoms. The van der Waals surface area contributed by atoms with Gasteiger partial charge in [-0.25, -0.2) is 0 Å². The maximum absolute atomic E-state index is 7.39. The van der Waals surface area contributed by atoms with Gasteiger partial charge in [-0.3, -0.25) is 0 Å². The van der Waals surface area contributed by atoms with Gasteiger partial charge in [-0.1, -0.05) is 337 Å². The van der Waals surface area contributed by atoms with E-state index in [1.807, 2.05) is 0 Å². The van der Waals surface area contributed by atoms with E-state index in [0.717, 1.165) is 11.8 Å². The van der Waals surface area contributed by atoms with Crippen LogP contribution >= 0.6 is 0 Å². The molecule has 1 nitrogen and oxygen atoms in total. The van der Waals surface area contributed by atoms with Crippen LogP contribution in [0.3, 0.4) is 0 Å². The first-order valence-corrected chi connectivity index (χ1v) is 29.7. The molecule has 0 heterocycles. The molecule has 0 radical (unpaired) electrons. The monoisotopic (exact) mass is 859 g/mol. The standard InChI is InChI=1S/C60H122O/c1-7-11-15-19-23-27-31-35-39-43-47-51-57(5)55-59(53-49-45-41-37-33-29-25-21-17-13-9-3)61-60(54-50-46-42-38-34-30-26-22-18-14-10-4)56-58(6)52-48-44-40-36-32-28-24-20-16-12-8-2/h57-60H,7-56H2,1-6H3. The molecule has 61 heavy (non-hydrogen) atoms. The Morgan fingerprint density at radius 3 is 0.574 bits per heavy atom. The molecule has 0 fully saturated rings. The van der Waals surface area contributed by atoms with Gasteiger partial charge in [-0.2, -0.15) is 0 Å². The van der Waals surface area contributed by atoms with E-state index < -0.39 is 0 Å². The lowest BCUT2D eigenvalue weighted by atomic mass is 9.92. The Morgan fingerprint density at radius 1 is 0.213 bits per heavy atom. The summed E-state index contributed by atoms with van der Waals surface area (Å²) in [4.78, 5) is 0.